The average molecular weight is 248 g/mol. The first kappa shape index (κ1) is 12.9. The van der Waals surface area contributed by atoms with Crippen molar-refractivity contribution in [1.82, 2.24) is 0 Å². The maximum absolute atomic E-state index is 10.5. The standard InChI is InChI=1S/C15H20O3/c1-18-14-8-7-12-9-11(3-2-4-15(16)17)5-6-13(12)10-14/h7-8,10-11H,2-6,9H2,1H3,(H,16,17). The maximum Gasteiger partial charge on any atom is 0.303 e. The van der Waals surface area contributed by atoms with Crippen LogP contribution in [0.3, 0.4) is 0 Å². The van der Waals surface area contributed by atoms with Crippen LogP contribution in [-0.4, -0.2) is 18.2 Å². The Balaban J connectivity index is 1.91. The van der Waals surface area contributed by atoms with Gasteiger partial charge in [0, 0.05) is 6.42 Å². The molecule has 0 heterocycles. The number of rotatable bonds is 5. The van der Waals surface area contributed by atoms with Gasteiger partial charge >= 0.3 is 5.97 Å². The van der Waals surface area contributed by atoms with Crippen molar-refractivity contribution in [1.29, 1.82) is 0 Å². The van der Waals surface area contributed by atoms with Crippen molar-refractivity contribution in [3.63, 3.8) is 0 Å². The van der Waals surface area contributed by atoms with Gasteiger partial charge in [-0.1, -0.05) is 6.07 Å². The lowest BCUT2D eigenvalue weighted by atomic mass is 9.81. The van der Waals surface area contributed by atoms with Crippen molar-refractivity contribution < 1.29 is 14.6 Å². The number of hydrogen-bond acceptors (Lipinski definition) is 2. The molecule has 1 N–H and O–H groups in total. The van der Waals surface area contributed by atoms with Gasteiger partial charge in [0.05, 0.1) is 7.11 Å². The van der Waals surface area contributed by atoms with Crippen LogP contribution in [0.5, 0.6) is 5.75 Å². The van der Waals surface area contributed by atoms with Gasteiger partial charge in [-0.2, -0.15) is 0 Å². The summed E-state index contributed by atoms with van der Waals surface area (Å²) in [5.74, 6) is 0.888. The lowest BCUT2D eigenvalue weighted by molar-refractivity contribution is -0.137. The molecule has 3 nitrogen and oxygen atoms in total. The Labute approximate surface area is 108 Å². The van der Waals surface area contributed by atoms with Crippen LogP contribution >= 0.6 is 0 Å². The Hall–Kier alpha value is -1.51. The van der Waals surface area contributed by atoms with Gasteiger partial charge in [-0.05, 0) is 61.3 Å². The van der Waals surface area contributed by atoms with Crippen LogP contribution in [0, 0.1) is 5.92 Å². The van der Waals surface area contributed by atoms with E-state index in [0.29, 0.717) is 12.3 Å². The quantitative estimate of drug-likeness (QED) is 0.871. The van der Waals surface area contributed by atoms with Crippen LogP contribution in [0.25, 0.3) is 0 Å². The predicted molar refractivity (Wildman–Crippen MR) is 70.0 cm³/mol. The summed E-state index contributed by atoms with van der Waals surface area (Å²) < 4.78 is 5.23. The molecule has 3 heteroatoms. The van der Waals surface area contributed by atoms with Gasteiger partial charge in [0.1, 0.15) is 5.75 Å². The zero-order valence-electron chi connectivity index (χ0n) is 10.8. The number of methoxy groups -OCH3 is 1. The fourth-order valence-electron chi connectivity index (χ4n) is 2.72. The Kier molecular flexibility index (Phi) is 4.24. The molecule has 18 heavy (non-hydrogen) atoms. The molecule has 1 aliphatic carbocycles. The second-order valence-electron chi connectivity index (χ2n) is 5.03. The zero-order chi connectivity index (χ0) is 13.0. The molecular weight excluding hydrogens is 228 g/mol. The summed E-state index contributed by atoms with van der Waals surface area (Å²) in [5.41, 5.74) is 2.80. The molecule has 1 aromatic carbocycles. The lowest BCUT2D eigenvalue weighted by Gasteiger charge is -2.24. The smallest absolute Gasteiger partial charge is 0.303 e. The topological polar surface area (TPSA) is 46.5 Å². The minimum absolute atomic E-state index is 0.298. The van der Waals surface area contributed by atoms with Gasteiger partial charge < -0.3 is 9.84 Å². The molecule has 0 saturated heterocycles. The summed E-state index contributed by atoms with van der Waals surface area (Å²) in [6, 6.07) is 6.29. The molecule has 2 rings (SSSR count). The number of aryl methyl sites for hydroxylation is 1. The van der Waals surface area contributed by atoms with Crippen LogP contribution in [0.4, 0.5) is 0 Å². The first-order valence-corrected chi connectivity index (χ1v) is 6.56. The number of aliphatic carboxylic acids is 1. The predicted octanol–water partition coefficient (Wildman–Crippen LogP) is 3.06. The van der Waals surface area contributed by atoms with Crippen LogP contribution in [0.15, 0.2) is 18.2 Å². The fourth-order valence-corrected chi connectivity index (χ4v) is 2.72. The van der Waals surface area contributed by atoms with E-state index in [0.717, 1.165) is 31.4 Å². The summed E-state index contributed by atoms with van der Waals surface area (Å²) in [5, 5.41) is 8.64. The highest BCUT2D eigenvalue weighted by Gasteiger charge is 2.19. The molecule has 0 saturated carbocycles. The van der Waals surface area contributed by atoms with Crippen molar-refractivity contribution in [2.45, 2.75) is 38.5 Å². The maximum atomic E-state index is 10.5. The minimum Gasteiger partial charge on any atom is -0.497 e. The van der Waals surface area contributed by atoms with E-state index in [1.165, 1.54) is 17.5 Å². The highest BCUT2D eigenvalue weighted by atomic mass is 16.5. The summed E-state index contributed by atoms with van der Waals surface area (Å²) in [6.45, 7) is 0. The van der Waals surface area contributed by atoms with Crippen molar-refractivity contribution >= 4 is 5.97 Å². The average Bonchev–Trinajstić information content (AvgIpc) is 2.37. The van der Waals surface area contributed by atoms with Gasteiger partial charge in [-0.3, -0.25) is 4.79 Å². The molecule has 98 valence electrons. The number of carbonyl (C=O) groups is 1. The van der Waals surface area contributed by atoms with Crippen LogP contribution in [0.1, 0.15) is 36.8 Å². The van der Waals surface area contributed by atoms with Crippen LogP contribution in [-0.2, 0) is 17.6 Å². The molecule has 1 aliphatic rings. The van der Waals surface area contributed by atoms with E-state index in [4.69, 9.17) is 9.84 Å². The Morgan fingerprint density at radius 3 is 3.00 bits per heavy atom. The summed E-state index contributed by atoms with van der Waals surface area (Å²) in [7, 11) is 1.69. The Morgan fingerprint density at radius 1 is 1.44 bits per heavy atom. The molecule has 0 fully saturated rings. The molecule has 0 radical (unpaired) electrons. The highest BCUT2D eigenvalue weighted by Crippen LogP contribution is 2.30. The Bertz CT molecular complexity index is 426. The monoisotopic (exact) mass is 248 g/mol. The summed E-state index contributed by atoms with van der Waals surface area (Å²) >= 11 is 0. The second kappa shape index (κ2) is 5.89. The fraction of sp³-hybridized carbons (Fsp3) is 0.533. The molecule has 1 unspecified atom stereocenters. The molecule has 0 aliphatic heterocycles. The number of hydrogen-bond donors (Lipinski definition) is 1. The van der Waals surface area contributed by atoms with E-state index in [2.05, 4.69) is 12.1 Å². The number of carboxylic acids is 1. The third kappa shape index (κ3) is 3.25. The Morgan fingerprint density at radius 2 is 2.28 bits per heavy atom. The molecule has 0 aromatic heterocycles. The SMILES string of the molecule is COc1ccc2c(c1)CCC(CCCC(=O)O)C2. The molecule has 0 amide bonds. The van der Waals surface area contributed by atoms with Crippen LogP contribution < -0.4 is 4.74 Å². The van der Waals surface area contributed by atoms with Crippen LogP contribution in [0.2, 0.25) is 0 Å². The summed E-state index contributed by atoms with van der Waals surface area (Å²) in [4.78, 5) is 10.5. The van der Waals surface area contributed by atoms with Gasteiger partial charge in [-0.25, -0.2) is 0 Å². The third-order valence-electron chi connectivity index (χ3n) is 3.75. The summed E-state index contributed by atoms with van der Waals surface area (Å²) in [6.07, 6.45) is 5.46. The van der Waals surface area contributed by atoms with E-state index >= 15 is 0 Å². The number of carboxylic acid groups (broad SMARTS) is 1. The first-order chi connectivity index (χ1) is 8.69. The molecule has 1 aromatic rings. The molecule has 0 bridgehead atoms. The van der Waals surface area contributed by atoms with E-state index in [9.17, 15) is 4.79 Å². The van der Waals surface area contributed by atoms with Gasteiger partial charge in [0.2, 0.25) is 0 Å². The van der Waals surface area contributed by atoms with Crippen molar-refractivity contribution in [3.8, 4) is 5.75 Å². The van der Waals surface area contributed by atoms with Gasteiger partial charge in [0.25, 0.3) is 0 Å². The molecule has 0 spiro atoms. The van der Waals surface area contributed by atoms with E-state index in [-0.39, 0.29) is 0 Å². The van der Waals surface area contributed by atoms with Gasteiger partial charge in [0.15, 0.2) is 0 Å². The van der Waals surface area contributed by atoms with Gasteiger partial charge in [-0.15, -0.1) is 0 Å². The van der Waals surface area contributed by atoms with E-state index in [1.807, 2.05) is 6.07 Å². The lowest BCUT2D eigenvalue weighted by Crippen LogP contribution is -2.14. The van der Waals surface area contributed by atoms with E-state index in [1.54, 1.807) is 7.11 Å². The number of ether oxygens (including phenoxy) is 1. The third-order valence-corrected chi connectivity index (χ3v) is 3.75. The molecule has 1 atom stereocenters. The largest absolute Gasteiger partial charge is 0.497 e. The molecular formula is C15H20O3. The van der Waals surface area contributed by atoms with Crippen molar-refractivity contribution in [3.05, 3.63) is 29.3 Å². The van der Waals surface area contributed by atoms with E-state index < -0.39 is 5.97 Å². The minimum atomic E-state index is -0.684. The van der Waals surface area contributed by atoms with Crippen molar-refractivity contribution in [2.75, 3.05) is 7.11 Å². The van der Waals surface area contributed by atoms with Crippen molar-refractivity contribution in [2.24, 2.45) is 5.92 Å². The highest BCUT2D eigenvalue weighted by molar-refractivity contribution is 5.66. The normalized spacial score (nSPS) is 18.2. The zero-order valence-corrected chi connectivity index (χ0v) is 10.8. The number of benzene rings is 1. The second-order valence-corrected chi connectivity index (χ2v) is 5.03. The first-order valence-electron chi connectivity index (χ1n) is 6.56. The number of fused-ring (bicyclic) bond motifs is 1.